The predicted molar refractivity (Wildman–Crippen MR) is 109 cm³/mol. The van der Waals surface area contributed by atoms with Crippen LogP contribution in [-0.4, -0.2) is 30.6 Å². The van der Waals surface area contributed by atoms with Crippen LogP contribution in [0, 0.1) is 13.8 Å². The van der Waals surface area contributed by atoms with Gasteiger partial charge in [-0.15, -0.1) is 0 Å². The summed E-state index contributed by atoms with van der Waals surface area (Å²) >= 11 is 0. The van der Waals surface area contributed by atoms with E-state index in [0.717, 1.165) is 22.0 Å². The number of aryl methyl sites for hydroxylation is 2. The monoisotopic (exact) mass is 393 g/mol. The second kappa shape index (κ2) is 9.19. The highest BCUT2D eigenvalue weighted by molar-refractivity contribution is 5.98. The van der Waals surface area contributed by atoms with Crippen molar-refractivity contribution in [3.05, 3.63) is 70.9 Å². The van der Waals surface area contributed by atoms with Gasteiger partial charge in [0.15, 0.2) is 0 Å². The fourth-order valence-electron chi connectivity index (χ4n) is 3.10. The number of methoxy groups -OCH3 is 1. The van der Waals surface area contributed by atoms with Crippen LogP contribution in [0.5, 0.6) is 5.75 Å². The largest absolute Gasteiger partial charge is 0.493 e. The molecule has 6 heteroatoms. The Morgan fingerprint density at radius 2 is 1.83 bits per heavy atom. The lowest BCUT2D eigenvalue weighted by Gasteiger charge is -2.13. The Morgan fingerprint density at radius 1 is 1.03 bits per heavy atom. The molecule has 0 radical (unpaired) electrons. The summed E-state index contributed by atoms with van der Waals surface area (Å²) in [4.78, 5) is 28.9. The van der Waals surface area contributed by atoms with E-state index >= 15 is 0 Å². The Morgan fingerprint density at radius 3 is 2.59 bits per heavy atom. The van der Waals surface area contributed by atoms with Crippen molar-refractivity contribution in [2.24, 2.45) is 0 Å². The van der Waals surface area contributed by atoms with Crippen LogP contribution < -0.4 is 4.74 Å². The van der Waals surface area contributed by atoms with E-state index in [2.05, 4.69) is 4.98 Å². The minimum Gasteiger partial charge on any atom is -0.493 e. The lowest BCUT2D eigenvalue weighted by molar-refractivity contribution is -0.145. The molecule has 3 rings (SSSR count). The highest BCUT2D eigenvalue weighted by atomic mass is 16.5. The van der Waals surface area contributed by atoms with Crippen LogP contribution >= 0.6 is 0 Å². The van der Waals surface area contributed by atoms with Gasteiger partial charge in [-0.2, -0.15) is 0 Å². The van der Waals surface area contributed by atoms with E-state index in [4.69, 9.17) is 14.2 Å². The number of aromatic nitrogens is 1. The van der Waals surface area contributed by atoms with Gasteiger partial charge in [0, 0.05) is 5.39 Å². The molecule has 0 aliphatic rings. The van der Waals surface area contributed by atoms with Crippen molar-refractivity contribution in [3.8, 4) is 5.75 Å². The van der Waals surface area contributed by atoms with Gasteiger partial charge in [-0.25, -0.2) is 9.78 Å². The minimum absolute atomic E-state index is 0.0913. The van der Waals surface area contributed by atoms with Gasteiger partial charge in [0.05, 0.1) is 36.9 Å². The molecule has 3 aromatic rings. The van der Waals surface area contributed by atoms with Crippen LogP contribution in [0.1, 0.15) is 33.6 Å². The normalized spacial score (nSPS) is 10.6. The summed E-state index contributed by atoms with van der Waals surface area (Å²) in [6.45, 7) is 3.89. The van der Waals surface area contributed by atoms with E-state index in [1.54, 1.807) is 0 Å². The molecule has 0 fully saturated rings. The fraction of sp³-hybridized carbons (Fsp3) is 0.261. The van der Waals surface area contributed by atoms with E-state index in [0.29, 0.717) is 17.0 Å². The summed E-state index contributed by atoms with van der Waals surface area (Å²) in [7, 11) is 1.31. The molecule has 0 aliphatic heterocycles. The number of pyridine rings is 1. The van der Waals surface area contributed by atoms with Crippen LogP contribution in [0.4, 0.5) is 0 Å². The first kappa shape index (κ1) is 20.3. The molecule has 0 spiro atoms. The molecule has 1 aromatic heterocycles. The standard InChI is InChI=1S/C23H23NO5/c1-15-7-6-8-17(13-15)28-12-11-21(25)29-14-20-22(23(26)27-3)16(2)18-9-4-5-10-19(18)24-20/h4-10,13H,11-12,14H2,1-3H3. The first-order valence-electron chi connectivity index (χ1n) is 9.31. The van der Waals surface area contributed by atoms with Crippen LogP contribution in [0.25, 0.3) is 10.9 Å². The fourth-order valence-corrected chi connectivity index (χ4v) is 3.10. The number of para-hydroxylation sites is 1. The highest BCUT2D eigenvalue weighted by Crippen LogP contribution is 2.24. The Bertz CT molecular complexity index is 1040. The number of nitrogens with zero attached hydrogens (tertiary/aromatic N) is 1. The average Bonchev–Trinajstić information content (AvgIpc) is 2.72. The van der Waals surface area contributed by atoms with Gasteiger partial charge in [-0.05, 0) is 43.2 Å². The molecule has 0 unspecified atom stereocenters. The van der Waals surface area contributed by atoms with E-state index in [-0.39, 0.29) is 19.6 Å². The number of carbonyl (C=O) groups excluding carboxylic acids is 2. The van der Waals surface area contributed by atoms with Gasteiger partial charge in [-0.1, -0.05) is 30.3 Å². The van der Waals surface area contributed by atoms with Gasteiger partial charge in [0.2, 0.25) is 0 Å². The zero-order valence-electron chi connectivity index (χ0n) is 16.7. The number of hydrogen-bond donors (Lipinski definition) is 0. The maximum absolute atomic E-state index is 12.3. The van der Waals surface area contributed by atoms with Gasteiger partial charge in [0.25, 0.3) is 0 Å². The molecule has 0 saturated carbocycles. The second-order valence-electron chi connectivity index (χ2n) is 6.64. The summed E-state index contributed by atoms with van der Waals surface area (Å²) in [5, 5.41) is 0.856. The molecular formula is C23H23NO5. The number of hydrogen-bond acceptors (Lipinski definition) is 6. The van der Waals surface area contributed by atoms with Crippen LogP contribution in [0.3, 0.4) is 0 Å². The smallest absolute Gasteiger partial charge is 0.340 e. The van der Waals surface area contributed by atoms with Gasteiger partial charge in [0.1, 0.15) is 12.4 Å². The summed E-state index contributed by atoms with van der Waals surface area (Å²) in [6, 6.07) is 15.1. The number of ether oxygens (including phenoxy) is 3. The van der Waals surface area contributed by atoms with E-state index in [9.17, 15) is 9.59 Å². The summed E-state index contributed by atoms with van der Waals surface area (Å²) in [5.41, 5.74) is 3.26. The predicted octanol–water partition coefficient (Wildman–Crippen LogP) is 4.15. The molecule has 0 bridgehead atoms. The Kier molecular flexibility index (Phi) is 6.44. The van der Waals surface area contributed by atoms with E-state index in [1.807, 2.05) is 62.4 Å². The molecule has 0 atom stereocenters. The van der Waals surface area contributed by atoms with Crippen molar-refractivity contribution in [2.75, 3.05) is 13.7 Å². The van der Waals surface area contributed by atoms with Crippen LogP contribution in [0.2, 0.25) is 0 Å². The average molecular weight is 393 g/mol. The molecule has 29 heavy (non-hydrogen) atoms. The van der Waals surface area contributed by atoms with E-state index < -0.39 is 11.9 Å². The maximum atomic E-state index is 12.3. The molecule has 6 nitrogen and oxygen atoms in total. The summed E-state index contributed by atoms with van der Waals surface area (Å²) < 4.78 is 15.8. The molecule has 150 valence electrons. The minimum atomic E-state index is -0.505. The topological polar surface area (TPSA) is 74.7 Å². The third kappa shape index (κ3) is 4.90. The Balaban J connectivity index is 1.67. The van der Waals surface area contributed by atoms with Crippen molar-refractivity contribution in [3.63, 3.8) is 0 Å². The quantitative estimate of drug-likeness (QED) is 0.562. The molecule has 2 aromatic carbocycles. The lowest BCUT2D eigenvalue weighted by atomic mass is 10.0. The highest BCUT2D eigenvalue weighted by Gasteiger charge is 2.20. The number of fused-ring (bicyclic) bond motifs is 1. The number of esters is 2. The molecular weight excluding hydrogens is 370 g/mol. The van der Waals surface area contributed by atoms with Crippen molar-refractivity contribution in [2.45, 2.75) is 26.9 Å². The van der Waals surface area contributed by atoms with Crippen molar-refractivity contribution >= 4 is 22.8 Å². The van der Waals surface area contributed by atoms with Crippen molar-refractivity contribution in [1.29, 1.82) is 0 Å². The molecule has 0 saturated heterocycles. The zero-order chi connectivity index (χ0) is 20.8. The number of benzene rings is 2. The third-order valence-electron chi connectivity index (χ3n) is 4.55. The van der Waals surface area contributed by atoms with Crippen LogP contribution in [-0.2, 0) is 20.9 Å². The zero-order valence-corrected chi connectivity index (χ0v) is 16.7. The van der Waals surface area contributed by atoms with Gasteiger partial charge < -0.3 is 14.2 Å². The van der Waals surface area contributed by atoms with Gasteiger partial charge >= 0.3 is 11.9 Å². The van der Waals surface area contributed by atoms with E-state index in [1.165, 1.54) is 7.11 Å². The maximum Gasteiger partial charge on any atom is 0.340 e. The first-order chi connectivity index (χ1) is 14.0. The molecule has 0 amide bonds. The third-order valence-corrected chi connectivity index (χ3v) is 4.55. The lowest BCUT2D eigenvalue weighted by Crippen LogP contribution is -2.15. The molecule has 0 aliphatic carbocycles. The van der Waals surface area contributed by atoms with Crippen molar-refractivity contribution in [1.82, 2.24) is 4.98 Å². The molecule has 1 heterocycles. The first-order valence-corrected chi connectivity index (χ1v) is 9.31. The summed E-state index contributed by atoms with van der Waals surface area (Å²) in [5.74, 6) is -0.228. The Hall–Kier alpha value is -3.41. The van der Waals surface area contributed by atoms with Crippen molar-refractivity contribution < 1.29 is 23.8 Å². The second-order valence-corrected chi connectivity index (χ2v) is 6.64. The Labute approximate surface area is 169 Å². The van der Waals surface area contributed by atoms with Gasteiger partial charge in [-0.3, -0.25) is 4.79 Å². The summed E-state index contributed by atoms with van der Waals surface area (Å²) in [6.07, 6.45) is 0.0913. The molecule has 0 N–H and O–H groups in total. The number of rotatable bonds is 7. The number of carbonyl (C=O) groups is 2. The SMILES string of the molecule is COC(=O)c1c(COC(=O)CCOc2cccc(C)c2)nc2ccccc2c1C. The van der Waals surface area contributed by atoms with Crippen LogP contribution in [0.15, 0.2) is 48.5 Å².